The number of anilines is 1. The van der Waals surface area contributed by atoms with Crippen LogP contribution in [-0.4, -0.2) is 17.0 Å². The molecule has 0 aliphatic carbocycles. The van der Waals surface area contributed by atoms with Gasteiger partial charge in [0.2, 0.25) is 5.91 Å². The lowest BCUT2D eigenvalue weighted by molar-refractivity contribution is -0.137. The third kappa shape index (κ3) is 4.12. The van der Waals surface area contributed by atoms with E-state index in [9.17, 15) is 22.4 Å². The van der Waals surface area contributed by atoms with Gasteiger partial charge in [0.25, 0.3) is 0 Å². The van der Waals surface area contributed by atoms with Crippen LogP contribution in [0.4, 0.5) is 23.2 Å². The van der Waals surface area contributed by atoms with Crippen LogP contribution in [0.25, 0.3) is 0 Å². The molecule has 0 saturated carbocycles. The van der Waals surface area contributed by atoms with Crippen molar-refractivity contribution in [3.63, 3.8) is 0 Å². The molecule has 1 aromatic carbocycles. The van der Waals surface area contributed by atoms with E-state index in [-0.39, 0.29) is 0 Å². The molecule has 0 bridgehead atoms. The number of carbonyl (C=O) groups is 1. The Morgan fingerprint density at radius 1 is 1.42 bits per heavy atom. The molecule has 5 nitrogen and oxygen atoms in total. The summed E-state index contributed by atoms with van der Waals surface area (Å²) in [6, 6.07) is 1.59. The van der Waals surface area contributed by atoms with E-state index in [0.717, 1.165) is 0 Å². The fourth-order valence-electron chi connectivity index (χ4n) is 1.19. The van der Waals surface area contributed by atoms with E-state index in [0.29, 0.717) is 18.2 Å². The number of amides is 1. The summed E-state index contributed by atoms with van der Waals surface area (Å²) in [7, 11) is 0. The first kappa shape index (κ1) is 14.7. The molecule has 0 aliphatic rings. The van der Waals surface area contributed by atoms with Gasteiger partial charge in [0.05, 0.1) is 17.7 Å². The zero-order valence-corrected chi connectivity index (χ0v) is 9.33. The maximum Gasteiger partial charge on any atom is 0.416 e. The van der Waals surface area contributed by atoms with Crippen molar-refractivity contribution in [2.24, 2.45) is 10.9 Å². The van der Waals surface area contributed by atoms with Crippen molar-refractivity contribution in [3.8, 4) is 0 Å². The average molecular weight is 279 g/mol. The highest BCUT2D eigenvalue weighted by molar-refractivity contribution is 6.04. The van der Waals surface area contributed by atoms with Crippen LogP contribution < -0.4 is 11.1 Å². The Morgan fingerprint density at radius 3 is 2.58 bits per heavy atom. The molecule has 0 radical (unpaired) electrons. The van der Waals surface area contributed by atoms with Gasteiger partial charge in [-0.25, -0.2) is 4.39 Å². The van der Waals surface area contributed by atoms with Crippen molar-refractivity contribution < 1.29 is 27.6 Å². The maximum atomic E-state index is 13.2. The van der Waals surface area contributed by atoms with Crippen molar-refractivity contribution >= 4 is 17.4 Å². The third-order valence-electron chi connectivity index (χ3n) is 2.04. The summed E-state index contributed by atoms with van der Waals surface area (Å²) < 4.78 is 50.4. The van der Waals surface area contributed by atoms with Gasteiger partial charge in [0.1, 0.15) is 11.7 Å². The first-order valence-corrected chi connectivity index (χ1v) is 4.87. The van der Waals surface area contributed by atoms with E-state index in [1.54, 1.807) is 0 Å². The largest absolute Gasteiger partial charge is 0.416 e. The molecule has 0 saturated heterocycles. The molecule has 1 rings (SSSR count). The van der Waals surface area contributed by atoms with Crippen LogP contribution in [0.3, 0.4) is 0 Å². The summed E-state index contributed by atoms with van der Waals surface area (Å²) >= 11 is 0. The lowest BCUT2D eigenvalue weighted by Gasteiger charge is -2.10. The molecule has 0 fully saturated rings. The minimum Gasteiger partial charge on any atom is -0.409 e. The number of nitrogens with two attached hydrogens (primary N) is 1. The number of hydrogen-bond donors (Lipinski definition) is 3. The van der Waals surface area contributed by atoms with Crippen LogP contribution in [0, 0.1) is 5.82 Å². The monoisotopic (exact) mass is 279 g/mol. The van der Waals surface area contributed by atoms with E-state index in [2.05, 4.69) is 5.16 Å². The molecule has 0 heterocycles. The summed E-state index contributed by atoms with van der Waals surface area (Å²) in [6.45, 7) is 0. The number of hydrogen-bond acceptors (Lipinski definition) is 3. The first-order chi connectivity index (χ1) is 8.74. The standard InChI is InChI=1S/C10H9F4N3O2/c11-6-2-1-5(10(12,13)14)3-7(6)16-9(18)4-8(15)17-19/h1-3,19H,4H2,(H2,15,17)(H,16,18). The number of carbonyl (C=O) groups excluding carboxylic acids is 1. The third-order valence-corrected chi connectivity index (χ3v) is 2.04. The Labute approximate surface area is 104 Å². The van der Waals surface area contributed by atoms with Crippen LogP contribution in [0.1, 0.15) is 12.0 Å². The van der Waals surface area contributed by atoms with E-state index in [1.807, 2.05) is 5.32 Å². The van der Waals surface area contributed by atoms with Crippen molar-refractivity contribution in [3.05, 3.63) is 29.6 Å². The maximum absolute atomic E-state index is 13.2. The SMILES string of the molecule is NC(CC(=O)Nc1cc(C(F)(F)F)ccc1F)=NO. The lowest BCUT2D eigenvalue weighted by atomic mass is 10.2. The average Bonchev–Trinajstić information content (AvgIpc) is 2.30. The molecule has 1 amide bonds. The minimum atomic E-state index is -4.65. The first-order valence-electron chi connectivity index (χ1n) is 4.87. The summed E-state index contributed by atoms with van der Waals surface area (Å²) in [5.74, 6) is -2.39. The van der Waals surface area contributed by atoms with Gasteiger partial charge in [-0.1, -0.05) is 5.16 Å². The Morgan fingerprint density at radius 2 is 2.05 bits per heavy atom. The van der Waals surface area contributed by atoms with Crippen molar-refractivity contribution in [2.75, 3.05) is 5.32 Å². The highest BCUT2D eigenvalue weighted by Crippen LogP contribution is 2.31. The minimum absolute atomic E-state index is 0.454. The van der Waals surface area contributed by atoms with E-state index in [1.165, 1.54) is 0 Å². The summed E-state index contributed by atoms with van der Waals surface area (Å²) in [6.07, 6.45) is -5.23. The highest BCUT2D eigenvalue weighted by Gasteiger charge is 2.31. The molecule has 19 heavy (non-hydrogen) atoms. The molecule has 104 valence electrons. The molecule has 0 unspecified atom stereocenters. The van der Waals surface area contributed by atoms with Crippen LogP contribution >= 0.6 is 0 Å². The molecule has 0 aromatic heterocycles. The smallest absolute Gasteiger partial charge is 0.409 e. The summed E-state index contributed by atoms with van der Waals surface area (Å²) in [5.41, 5.74) is 3.29. The number of nitrogens with one attached hydrogen (secondary N) is 1. The van der Waals surface area contributed by atoms with Gasteiger partial charge in [0.15, 0.2) is 0 Å². The van der Waals surface area contributed by atoms with Crippen LogP contribution in [-0.2, 0) is 11.0 Å². The van der Waals surface area contributed by atoms with E-state index < -0.39 is 41.4 Å². The predicted molar refractivity (Wildman–Crippen MR) is 58.1 cm³/mol. The molecule has 1 aromatic rings. The second kappa shape index (κ2) is 5.55. The topological polar surface area (TPSA) is 87.7 Å². The number of nitrogens with zero attached hydrogens (tertiary/aromatic N) is 1. The Hall–Kier alpha value is -2.32. The van der Waals surface area contributed by atoms with Gasteiger partial charge in [-0.2, -0.15) is 13.2 Å². The fraction of sp³-hybridized carbons (Fsp3) is 0.200. The number of rotatable bonds is 3. The molecular formula is C10H9F4N3O2. The van der Waals surface area contributed by atoms with Gasteiger partial charge < -0.3 is 16.3 Å². The van der Waals surface area contributed by atoms with Crippen LogP contribution in [0.15, 0.2) is 23.4 Å². The summed E-state index contributed by atoms with van der Waals surface area (Å²) in [5, 5.41) is 12.6. The zero-order chi connectivity index (χ0) is 14.6. The van der Waals surface area contributed by atoms with E-state index >= 15 is 0 Å². The molecule has 0 atom stereocenters. The van der Waals surface area contributed by atoms with Gasteiger partial charge in [-0.05, 0) is 18.2 Å². The number of alkyl halides is 3. The molecule has 0 aliphatic heterocycles. The number of benzene rings is 1. The lowest BCUT2D eigenvalue weighted by Crippen LogP contribution is -2.22. The van der Waals surface area contributed by atoms with Crippen molar-refractivity contribution in [1.82, 2.24) is 0 Å². The van der Waals surface area contributed by atoms with Gasteiger partial charge >= 0.3 is 6.18 Å². The zero-order valence-electron chi connectivity index (χ0n) is 9.33. The summed E-state index contributed by atoms with van der Waals surface area (Å²) in [4.78, 5) is 11.3. The predicted octanol–water partition coefficient (Wildman–Crippen LogP) is 1.92. The quantitative estimate of drug-likeness (QED) is 0.260. The van der Waals surface area contributed by atoms with Gasteiger partial charge in [0, 0.05) is 0 Å². The van der Waals surface area contributed by atoms with Crippen LogP contribution in [0.5, 0.6) is 0 Å². The van der Waals surface area contributed by atoms with Crippen LogP contribution in [0.2, 0.25) is 0 Å². The molecule has 0 spiro atoms. The highest BCUT2D eigenvalue weighted by atomic mass is 19.4. The van der Waals surface area contributed by atoms with E-state index in [4.69, 9.17) is 10.9 Å². The molecule has 4 N–H and O–H groups in total. The second-order valence-electron chi connectivity index (χ2n) is 3.51. The van der Waals surface area contributed by atoms with Crippen molar-refractivity contribution in [2.45, 2.75) is 12.6 Å². The number of oxime groups is 1. The Kier molecular flexibility index (Phi) is 4.30. The number of amidine groups is 1. The molecule has 9 heteroatoms. The molecular weight excluding hydrogens is 270 g/mol. The Balaban J connectivity index is 2.92. The van der Waals surface area contributed by atoms with Gasteiger partial charge in [-0.15, -0.1) is 0 Å². The Bertz CT molecular complexity index is 514. The van der Waals surface area contributed by atoms with Gasteiger partial charge in [-0.3, -0.25) is 4.79 Å². The van der Waals surface area contributed by atoms with Crippen molar-refractivity contribution in [1.29, 1.82) is 0 Å². The normalized spacial score (nSPS) is 12.3. The second-order valence-corrected chi connectivity index (χ2v) is 3.51. The fourth-order valence-corrected chi connectivity index (χ4v) is 1.19. The number of halogens is 4.